The van der Waals surface area contributed by atoms with Crippen LogP contribution in [0.15, 0.2) is 41.3 Å². The summed E-state index contributed by atoms with van der Waals surface area (Å²) in [6, 6.07) is 11.0. The molecule has 1 aliphatic rings. The average molecular weight is 309 g/mol. The molecule has 0 saturated carbocycles. The molecule has 0 bridgehead atoms. The summed E-state index contributed by atoms with van der Waals surface area (Å²) in [5.41, 5.74) is 2.05. The second-order valence-corrected chi connectivity index (χ2v) is 5.93. The molecule has 20 heavy (non-hydrogen) atoms. The monoisotopic (exact) mass is 308 g/mol. The van der Waals surface area contributed by atoms with Crippen molar-refractivity contribution in [2.24, 2.45) is 0 Å². The number of phenols is 1. The molecule has 2 aromatic rings. The number of fused-ring (bicyclic) bond motifs is 1. The molecule has 0 atom stereocenters. The summed E-state index contributed by atoms with van der Waals surface area (Å²) in [7, 11) is 0. The number of ether oxygens (including phenoxy) is 2. The van der Waals surface area contributed by atoms with E-state index < -0.39 is 0 Å². The molecule has 0 aromatic heterocycles. The first-order valence-electron chi connectivity index (χ1n) is 6.16. The fourth-order valence-corrected chi connectivity index (χ4v) is 3.20. The molecule has 3 nitrogen and oxygen atoms in total. The van der Waals surface area contributed by atoms with Crippen LogP contribution in [-0.2, 0) is 17.1 Å². The van der Waals surface area contributed by atoms with Crippen molar-refractivity contribution in [3.05, 3.63) is 52.5 Å². The molecule has 0 aliphatic carbocycles. The average Bonchev–Trinajstić information content (AvgIpc) is 2.46. The lowest BCUT2D eigenvalue weighted by Gasteiger charge is -2.21. The van der Waals surface area contributed by atoms with E-state index in [0.29, 0.717) is 11.6 Å². The van der Waals surface area contributed by atoms with Gasteiger partial charge in [0.2, 0.25) is 0 Å². The molecule has 3 rings (SSSR count). The summed E-state index contributed by atoms with van der Waals surface area (Å²) in [6.45, 7) is 0.818. The number of halogens is 1. The summed E-state index contributed by atoms with van der Waals surface area (Å²) >= 11 is 7.80. The highest BCUT2D eigenvalue weighted by molar-refractivity contribution is 7.98. The molecule has 1 heterocycles. The van der Waals surface area contributed by atoms with Crippen LogP contribution in [0.1, 0.15) is 11.1 Å². The van der Waals surface area contributed by atoms with E-state index in [0.717, 1.165) is 27.5 Å². The Morgan fingerprint density at radius 1 is 1.20 bits per heavy atom. The zero-order valence-corrected chi connectivity index (χ0v) is 12.2. The topological polar surface area (TPSA) is 38.7 Å². The predicted molar refractivity (Wildman–Crippen MR) is 79.4 cm³/mol. The van der Waals surface area contributed by atoms with Crippen LogP contribution in [0.3, 0.4) is 0 Å². The van der Waals surface area contributed by atoms with Gasteiger partial charge in [0.25, 0.3) is 0 Å². The van der Waals surface area contributed by atoms with Gasteiger partial charge in [0, 0.05) is 26.8 Å². The van der Waals surface area contributed by atoms with E-state index in [1.165, 1.54) is 0 Å². The maximum atomic E-state index is 9.28. The van der Waals surface area contributed by atoms with E-state index in [9.17, 15) is 5.11 Å². The van der Waals surface area contributed by atoms with Crippen LogP contribution in [0, 0.1) is 0 Å². The van der Waals surface area contributed by atoms with E-state index in [1.54, 1.807) is 23.9 Å². The summed E-state index contributed by atoms with van der Waals surface area (Å²) < 4.78 is 10.8. The Bertz CT molecular complexity index is 613. The Balaban J connectivity index is 1.80. The largest absolute Gasteiger partial charge is 0.508 e. The van der Waals surface area contributed by atoms with Crippen LogP contribution in [0.5, 0.6) is 11.5 Å². The molecule has 0 saturated heterocycles. The molecule has 5 heteroatoms. The number of phenolic OH excluding ortho intramolecular Hbond substituents is 1. The van der Waals surface area contributed by atoms with Crippen LogP contribution in [0.2, 0.25) is 5.02 Å². The third kappa shape index (κ3) is 3.03. The van der Waals surface area contributed by atoms with E-state index in [-0.39, 0.29) is 12.5 Å². The molecule has 2 aromatic carbocycles. The summed E-state index contributed by atoms with van der Waals surface area (Å²) in [5.74, 6) is 1.91. The maximum Gasteiger partial charge on any atom is 0.189 e. The minimum Gasteiger partial charge on any atom is -0.508 e. The van der Waals surface area contributed by atoms with Gasteiger partial charge in [-0.25, -0.2) is 0 Å². The standard InChI is InChI=1S/C15H13ClO3S/c16-12-5-10-7-18-9-19-15(10)11(6-12)8-20-14-3-1-13(17)2-4-14/h1-6,17H,7-9H2. The fourth-order valence-electron chi connectivity index (χ4n) is 2.07. The van der Waals surface area contributed by atoms with Crippen molar-refractivity contribution in [1.82, 2.24) is 0 Å². The third-order valence-corrected chi connectivity index (χ3v) is 4.26. The van der Waals surface area contributed by atoms with Gasteiger partial charge in [-0.2, -0.15) is 0 Å². The van der Waals surface area contributed by atoms with Gasteiger partial charge < -0.3 is 14.6 Å². The zero-order chi connectivity index (χ0) is 13.9. The molecule has 104 valence electrons. The number of rotatable bonds is 3. The SMILES string of the molecule is Oc1ccc(SCc2cc(Cl)cc3c2OCOC3)cc1. The molecular formula is C15H13ClO3S. The van der Waals surface area contributed by atoms with Crippen LogP contribution in [0.4, 0.5) is 0 Å². The predicted octanol–water partition coefficient (Wildman–Crippen LogP) is 4.20. The lowest BCUT2D eigenvalue weighted by molar-refractivity contribution is -0.0168. The highest BCUT2D eigenvalue weighted by Crippen LogP contribution is 2.35. The van der Waals surface area contributed by atoms with Crippen molar-refractivity contribution in [3.8, 4) is 11.5 Å². The minimum atomic E-state index is 0.273. The quantitative estimate of drug-likeness (QED) is 0.862. The number of benzene rings is 2. The van der Waals surface area contributed by atoms with Crippen molar-refractivity contribution in [1.29, 1.82) is 0 Å². The summed E-state index contributed by atoms with van der Waals surface area (Å²) in [6.07, 6.45) is 0. The van der Waals surface area contributed by atoms with Gasteiger partial charge in [-0.15, -0.1) is 11.8 Å². The second kappa shape index (κ2) is 5.95. The van der Waals surface area contributed by atoms with Gasteiger partial charge in [0.1, 0.15) is 11.5 Å². The number of hydrogen-bond acceptors (Lipinski definition) is 4. The van der Waals surface area contributed by atoms with Crippen molar-refractivity contribution in [3.63, 3.8) is 0 Å². The van der Waals surface area contributed by atoms with Crippen molar-refractivity contribution >= 4 is 23.4 Å². The van der Waals surface area contributed by atoms with Crippen LogP contribution in [-0.4, -0.2) is 11.9 Å². The number of hydrogen-bond donors (Lipinski definition) is 1. The Hall–Kier alpha value is -1.36. The Labute approximate surface area is 126 Å². The minimum absolute atomic E-state index is 0.273. The highest BCUT2D eigenvalue weighted by Gasteiger charge is 2.16. The Morgan fingerprint density at radius 3 is 2.80 bits per heavy atom. The van der Waals surface area contributed by atoms with Gasteiger partial charge in [-0.05, 0) is 36.4 Å². The van der Waals surface area contributed by atoms with Gasteiger partial charge in [0.05, 0.1) is 6.61 Å². The molecule has 0 spiro atoms. The van der Waals surface area contributed by atoms with Crippen molar-refractivity contribution in [2.45, 2.75) is 17.3 Å². The lowest BCUT2D eigenvalue weighted by Crippen LogP contribution is -2.12. The van der Waals surface area contributed by atoms with E-state index in [1.807, 2.05) is 24.3 Å². The molecular weight excluding hydrogens is 296 g/mol. The van der Waals surface area contributed by atoms with Crippen LogP contribution < -0.4 is 4.74 Å². The number of aromatic hydroxyl groups is 1. The van der Waals surface area contributed by atoms with Crippen molar-refractivity contribution in [2.75, 3.05) is 6.79 Å². The van der Waals surface area contributed by atoms with Gasteiger partial charge >= 0.3 is 0 Å². The van der Waals surface area contributed by atoms with E-state index in [2.05, 4.69) is 0 Å². The maximum absolute atomic E-state index is 9.28. The fraction of sp³-hybridized carbons (Fsp3) is 0.200. The second-order valence-electron chi connectivity index (χ2n) is 4.45. The summed E-state index contributed by atoms with van der Waals surface area (Å²) in [4.78, 5) is 1.09. The first-order chi connectivity index (χ1) is 9.72. The first kappa shape index (κ1) is 13.6. The lowest BCUT2D eigenvalue weighted by atomic mass is 10.1. The van der Waals surface area contributed by atoms with E-state index >= 15 is 0 Å². The van der Waals surface area contributed by atoms with Crippen molar-refractivity contribution < 1.29 is 14.6 Å². The Morgan fingerprint density at radius 2 is 2.00 bits per heavy atom. The van der Waals surface area contributed by atoms with Gasteiger partial charge in [-0.1, -0.05) is 11.6 Å². The molecule has 1 aliphatic heterocycles. The number of thioether (sulfide) groups is 1. The molecule has 0 unspecified atom stereocenters. The molecule has 0 fully saturated rings. The summed E-state index contributed by atoms with van der Waals surface area (Å²) in [5, 5.41) is 9.97. The molecule has 0 radical (unpaired) electrons. The molecule has 0 amide bonds. The highest BCUT2D eigenvalue weighted by atomic mass is 35.5. The van der Waals surface area contributed by atoms with E-state index in [4.69, 9.17) is 21.1 Å². The smallest absolute Gasteiger partial charge is 0.189 e. The van der Waals surface area contributed by atoms with Gasteiger partial charge in [0.15, 0.2) is 6.79 Å². The van der Waals surface area contributed by atoms with Crippen LogP contribution >= 0.6 is 23.4 Å². The van der Waals surface area contributed by atoms with Gasteiger partial charge in [-0.3, -0.25) is 0 Å². The normalized spacial score (nSPS) is 13.7. The first-order valence-corrected chi connectivity index (χ1v) is 7.52. The zero-order valence-electron chi connectivity index (χ0n) is 10.6. The molecule has 1 N–H and O–H groups in total. The third-order valence-electron chi connectivity index (χ3n) is 2.98. The van der Waals surface area contributed by atoms with Crippen LogP contribution in [0.25, 0.3) is 0 Å². The Kier molecular flexibility index (Phi) is 4.05.